The zero-order valence-corrected chi connectivity index (χ0v) is 10.9. The van der Waals surface area contributed by atoms with E-state index in [-0.39, 0.29) is 0 Å². The predicted octanol–water partition coefficient (Wildman–Crippen LogP) is 1.74. The number of nitrogens with zero attached hydrogens (tertiary/aromatic N) is 2. The average molecular weight is 227 g/mol. The second-order valence-corrected chi connectivity index (χ2v) is 5.18. The predicted molar refractivity (Wildman–Crippen MR) is 66.3 cm³/mol. The highest BCUT2D eigenvalue weighted by molar-refractivity contribution is 7.09. The minimum Gasteiger partial charge on any atom is -0.319 e. The number of aryl methyl sites for hydroxylation is 1. The lowest BCUT2D eigenvalue weighted by Crippen LogP contribution is -2.29. The van der Waals surface area contributed by atoms with Crippen molar-refractivity contribution in [2.75, 3.05) is 27.2 Å². The standard InChI is InChI=1S/C11H21N3S/c1-9(5-12-3)6-14(4)7-11-13-10(2)8-15-11/h8-9,12H,5-7H2,1-4H3. The zero-order chi connectivity index (χ0) is 11.3. The van der Waals surface area contributed by atoms with Gasteiger partial charge in [-0.3, -0.25) is 4.90 Å². The van der Waals surface area contributed by atoms with Crippen LogP contribution in [0.3, 0.4) is 0 Å². The van der Waals surface area contributed by atoms with Gasteiger partial charge in [0.1, 0.15) is 5.01 Å². The van der Waals surface area contributed by atoms with Gasteiger partial charge in [0.2, 0.25) is 0 Å². The van der Waals surface area contributed by atoms with Crippen molar-refractivity contribution in [2.45, 2.75) is 20.4 Å². The van der Waals surface area contributed by atoms with Gasteiger partial charge < -0.3 is 5.32 Å². The van der Waals surface area contributed by atoms with E-state index in [0.717, 1.165) is 25.3 Å². The molecule has 15 heavy (non-hydrogen) atoms. The Morgan fingerprint density at radius 2 is 2.33 bits per heavy atom. The fraction of sp³-hybridized carbons (Fsp3) is 0.727. The Bertz CT molecular complexity index is 285. The number of hydrogen-bond acceptors (Lipinski definition) is 4. The molecule has 1 N–H and O–H groups in total. The summed E-state index contributed by atoms with van der Waals surface area (Å²) in [5.41, 5.74) is 1.13. The van der Waals surface area contributed by atoms with Crippen LogP contribution in [0.15, 0.2) is 5.38 Å². The molecule has 1 heterocycles. The van der Waals surface area contributed by atoms with Gasteiger partial charge in [-0.2, -0.15) is 0 Å². The van der Waals surface area contributed by atoms with Gasteiger partial charge in [0, 0.05) is 17.6 Å². The van der Waals surface area contributed by atoms with Gasteiger partial charge in [0.05, 0.1) is 6.54 Å². The third-order valence-corrected chi connectivity index (χ3v) is 3.20. The Morgan fingerprint density at radius 1 is 1.60 bits per heavy atom. The van der Waals surface area contributed by atoms with E-state index in [4.69, 9.17) is 0 Å². The number of thiazole rings is 1. The molecule has 86 valence electrons. The van der Waals surface area contributed by atoms with E-state index in [1.54, 1.807) is 11.3 Å². The molecule has 0 spiro atoms. The van der Waals surface area contributed by atoms with Crippen molar-refractivity contribution < 1.29 is 0 Å². The molecule has 0 aromatic carbocycles. The maximum Gasteiger partial charge on any atom is 0.107 e. The summed E-state index contributed by atoms with van der Waals surface area (Å²) in [7, 11) is 4.16. The Balaban J connectivity index is 2.32. The molecule has 0 fully saturated rings. The van der Waals surface area contributed by atoms with Gasteiger partial charge in [0.25, 0.3) is 0 Å². The van der Waals surface area contributed by atoms with Crippen LogP contribution in [0.2, 0.25) is 0 Å². The summed E-state index contributed by atoms with van der Waals surface area (Å²) >= 11 is 1.75. The van der Waals surface area contributed by atoms with Gasteiger partial charge in [0.15, 0.2) is 0 Å². The normalized spacial score (nSPS) is 13.4. The molecule has 0 amide bonds. The topological polar surface area (TPSA) is 28.2 Å². The van der Waals surface area contributed by atoms with Crippen molar-refractivity contribution in [1.82, 2.24) is 15.2 Å². The first-order chi connectivity index (χ1) is 7.11. The van der Waals surface area contributed by atoms with Crippen LogP contribution in [-0.2, 0) is 6.54 Å². The summed E-state index contributed by atoms with van der Waals surface area (Å²) in [4.78, 5) is 6.80. The maximum atomic E-state index is 4.47. The highest BCUT2D eigenvalue weighted by atomic mass is 32.1. The van der Waals surface area contributed by atoms with Gasteiger partial charge in [-0.15, -0.1) is 11.3 Å². The van der Waals surface area contributed by atoms with Crippen LogP contribution in [0, 0.1) is 12.8 Å². The summed E-state index contributed by atoms with van der Waals surface area (Å²) in [6.07, 6.45) is 0. The minimum absolute atomic E-state index is 0.682. The molecule has 0 aliphatic heterocycles. The van der Waals surface area contributed by atoms with Crippen LogP contribution >= 0.6 is 11.3 Å². The Morgan fingerprint density at radius 3 is 2.87 bits per heavy atom. The van der Waals surface area contributed by atoms with Crippen LogP contribution in [0.4, 0.5) is 0 Å². The van der Waals surface area contributed by atoms with Crippen LogP contribution < -0.4 is 5.32 Å². The van der Waals surface area contributed by atoms with Crippen molar-refractivity contribution in [3.8, 4) is 0 Å². The smallest absolute Gasteiger partial charge is 0.107 e. The van der Waals surface area contributed by atoms with Crippen molar-refractivity contribution in [2.24, 2.45) is 5.92 Å². The van der Waals surface area contributed by atoms with Crippen molar-refractivity contribution in [3.05, 3.63) is 16.1 Å². The molecular formula is C11H21N3S. The third-order valence-electron chi connectivity index (χ3n) is 2.25. The Hall–Kier alpha value is -0.450. The largest absolute Gasteiger partial charge is 0.319 e. The van der Waals surface area contributed by atoms with E-state index >= 15 is 0 Å². The molecule has 0 aliphatic carbocycles. The zero-order valence-electron chi connectivity index (χ0n) is 10.1. The van der Waals surface area contributed by atoms with Crippen LogP contribution in [0.25, 0.3) is 0 Å². The van der Waals surface area contributed by atoms with E-state index in [2.05, 4.69) is 34.6 Å². The van der Waals surface area contributed by atoms with Crippen LogP contribution in [0.5, 0.6) is 0 Å². The molecule has 3 nitrogen and oxygen atoms in total. The highest BCUT2D eigenvalue weighted by Crippen LogP contribution is 2.11. The second-order valence-electron chi connectivity index (χ2n) is 4.24. The molecule has 4 heteroatoms. The molecule has 0 saturated heterocycles. The molecular weight excluding hydrogens is 206 g/mol. The first kappa shape index (κ1) is 12.6. The van der Waals surface area contributed by atoms with Crippen molar-refractivity contribution in [3.63, 3.8) is 0 Å². The van der Waals surface area contributed by atoms with E-state index in [1.807, 2.05) is 14.0 Å². The number of hydrogen-bond donors (Lipinski definition) is 1. The molecule has 1 atom stereocenters. The van der Waals surface area contributed by atoms with Gasteiger partial charge in [-0.05, 0) is 33.5 Å². The molecule has 1 unspecified atom stereocenters. The quantitative estimate of drug-likeness (QED) is 0.802. The van der Waals surface area contributed by atoms with Crippen LogP contribution in [-0.4, -0.2) is 37.1 Å². The molecule has 0 aliphatic rings. The average Bonchev–Trinajstić information content (AvgIpc) is 2.51. The summed E-state index contributed by atoms with van der Waals surface area (Å²) in [5.74, 6) is 0.682. The van der Waals surface area contributed by atoms with E-state index < -0.39 is 0 Å². The second kappa shape index (κ2) is 6.20. The molecule has 1 rings (SSSR count). The number of aromatic nitrogens is 1. The van der Waals surface area contributed by atoms with E-state index in [9.17, 15) is 0 Å². The lowest BCUT2D eigenvalue weighted by Gasteiger charge is -2.19. The summed E-state index contributed by atoms with van der Waals surface area (Å²) in [6.45, 7) is 7.46. The monoisotopic (exact) mass is 227 g/mol. The van der Waals surface area contributed by atoms with Gasteiger partial charge >= 0.3 is 0 Å². The first-order valence-electron chi connectivity index (χ1n) is 5.36. The molecule has 1 aromatic rings. The summed E-state index contributed by atoms with van der Waals surface area (Å²) in [5, 5.41) is 6.53. The first-order valence-corrected chi connectivity index (χ1v) is 6.24. The SMILES string of the molecule is CNCC(C)CN(C)Cc1nc(C)cs1. The highest BCUT2D eigenvalue weighted by Gasteiger charge is 2.07. The lowest BCUT2D eigenvalue weighted by molar-refractivity contribution is 0.276. The Labute approximate surface area is 96.5 Å². The lowest BCUT2D eigenvalue weighted by atomic mass is 10.2. The fourth-order valence-corrected chi connectivity index (χ4v) is 2.57. The molecule has 0 radical (unpaired) electrons. The number of nitrogens with one attached hydrogen (secondary N) is 1. The minimum atomic E-state index is 0.682. The third kappa shape index (κ3) is 4.73. The molecule has 0 saturated carbocycles. The van der Waals surface area contributed by atoms with Crippen molar-refractivity contribution in [1.29, 1.82) is 0 Å². The van der Waals surface area contributed by atoms with Gasteiger partial charge in [-0.25, -0.2) is 4.98 Å². The molecule has 0 bridgehead atoms. The fourth-order valence-electron chi connectivity index (χ4n) is 1.72. The summed E-state index contributed by atoms with van der Waals surface area (Å²) < 4.78 is 0. The van der Waals surface area contributed by atoms with E-state index in [1.165, 1.54) is 5.01 Å². The molecule has 1 aromatic heterocycles. The number of rotatable bonds is 6. The van der Waals surface area contributed by atoms with Crippen LogP contribution in [0.1, 0.15) is 17.6 Å². The summed E-state index contributed by atoms with van der Waals surface area (Å²) in [6, 6.07) is 0. The Kier molecular flexibility index (Phi) is 5.22. The maximum absolute atomic E-state index is 4.47. The van der Waals surface area contributed by atoms with Gasteiger partial charge in [-0.1, -0.05) is 6.92 Å². The van der Waals surface area contributed by atoms with Crippen molar-refractivity contribution >= 4 is 11.3 Å². The van der Waals surface area contributed by atoms with E-state index in [0.29, 0.717) is 5.92 Å².